The van der Waals surface area contributed by atoms with E-state index in [0.29, 0.717) is 17.8 Å². The van der Waals surface area contributed by atoms with Gasteiger partial charge in [0.05, 0.1) is 6.10 Å². The number of hydrogen-bond acceptors (Lipinski definition) is 3. The number of hydrogen-bond donors (Lipinski definition) is 3. The Bertz CT molecular complexity index is 484. The SMILES string of the molecule is CNC(=O)c1cccc(NC(=O)NC[C@H]2CCCO2)c1. The van der Waals surface area contributed by atoms with Crippen LogP contribution < -0.4 is 16.0 Å². The van der Waals surface area contributed by atoms with Crippen LogP contribution in [-0.2, 0) is 4.74 Å². The van der Waals surface area contributed by atoms with Crippen LogP contribution in [0.1, 0.15) is 23.2 Å². The molecule has 2 rings (SSSR count). The molecule has 1 saturated heterocycles. The van der Waals surface area contributed by atoms with Gasteiger partial charge in [-0.05, 0) is 31.0 Å². The smallest absolute Gasteiger partial charge is 0.319 e. The predicted octanol–water partition coefficient (Wildman–Crippen LogP) is 1.35. The van der Waals surface area contributed by atoms with Crippen LogP contribution in [0.15, 0.2) is 24.3 Å². The van der Waals surface area contributed by atoms with Crippen molar-refractivity contribution in [3.63, 3.8) is 0 Å². The lowest BCUT2D eigenvalue weighted by atomic mass is 10.2. The highest BCUT2D eigenvalue weighted by Gasteiger charge is 2.16. The topological polar surface area (TPSA) is 79.5 Å². The number of ether oxygens (including phenoxy) is 1. The second-order valence-corrected chi connectivity index (χ2v) is 4.63. The Morgan fingerprint density at radius 2 is 2.25 bits per heavy atom. The summed E-state index contributed by atoms with van der Waals surface area (Å²) in [7, 11) is 1.57. The van der Waals surface area contributed by atoms with E-state index in [1.807, 2.05) is 0 Å². The standard InChI is InChI=1S/C14H19N3O3/c1-15-13(18)10-4-2-5-11(8-10)17-14(19)16-9-12-6-3-7-20-12/h2,4-5,8,12H,3,6-7,9H2,1H3,(H,15,18)(H2,16,17,19)/t12-/m1/s1. The lowest BCUT2D eigenvalue weighted by Crippen LogP contribution is -2.35. The molecule has 1 aromatic carbocycles. The summed E-state index contributed by atoms with van der Waals surface area (Å²) in [6.45, 7) is 1.27. The molecule has 6 nitrogen and oxygen atoms in total. The minimum absolute atomic E-state index is 0.109. The average Bonchev–Trinajstić information content (AvgIpc) is 2.98. The second kappa shape index (κ2) is 6.91. The molecule has 3 N–H and O–H groups in total. The van der Waals surface area contributed by atoms with Crippen LogP contribution in [0, 0.1) is 0 Å². The molecule has 1 aliphatic rings. The molecule has 1 fully saturated rings. The van der Waals surface area contributed by atoms with Gasteiger partial charge in [-0.3, -0.25) is 4.79 Å². The molecule has 20 heavy (non-hydrogen) atoms. The molecule has 1 atom stereocenters. The number of benzene rings is 1. The highest BCUT2D eigenvalue weighted by atomic mass is 16.5. The van der Waals surface area contributed by atoms with Crippen molar-refractivity contribution in [1.29, 1.82) is 0 Å². The summed E-state index contributed by atoms with van der Waals surface area (Å²) in [5.74, 6) is -0.187. The molecule has 1 heterocycles. The Morgan fingerprint density at radius 3 is 2.95 bits per heavy atom. The lowest BCUT2D eigenvalue weighted by molar-refractivity contribution is 0.0963. The highest BCUT2D eigenvalue weighted by molar-refractivity contribution is 5.96. The molecule has 0 aromatic heterocycles. The summed E-state index contributed by atoms with van der Waals surface area (Å²) < 4.78 is 5.42. The number of carbonyl (C=O) groups excluding carboxylic acids is 2. The highest BCUT2D eigenvalue weighted by Crippen LogP contribution is 2.12. The normalized spacial score (nSPS) is 17.6. The Morgan fingerprint density at radius 1 is 1.40 bits per heavy atom. The van der Waals surface area contributed by atoms with E-state index < -0.39 is 0 Å². The van der Waals surface area contributed by atoms with E-state index in [1.165, 1.54) is 0 Å². The van der Waals surface area contributed by atoms with Gasteiger partial charge in [0.25, 0.3) is 5.91 Å². The number of carbonyl (C=O) groups is 2. The molecule has 1 aromatic rings. The van der Waals surface area contributed by atoms with Gasteiger partial charge in [0, 0.05) is 31.5 Å². The van der Waals surface area contributed by atoms with Crippen LogP contribution in [0.4, 0.5) is 10.5 Å². The molecule has 108 valence electrons. The van der Waals surface area contributed by atoms with Crippen LogP contribution in [0.5, 0.6) is 0 Å². The molecule has 3 amide bonds. The Kier molecular flexibility index (Phi) is 4.95. The molecule has 0 radical (unpaired) electrons. The maximum absolute atomic E-state index is 11.7. The molecule has 0 bridgehead atoms. The fourth-order valence-electron chi connectivity index (χ4n) is 2.07. The largest absolute Gasteiger partial charge is 0.376 e. The van der Waals surface area contributed by atoms with Gasteiger partial charge < -0.3 is 20.7 Å². The summed E-state index contributed by atoms with van der Waals surface area (Å²) in [5, 5.41) is 8.00. The van der Waals surface area contributed by atoms with E-state index in [9.17, 15) is 9.59 Å². The van der Waals surface area contributed by atoms with E-state index in [4.69, 9.17) is 4.74 Å². The minimum atomic E-state index is -0.297. The van der Waals surface area contributed by atoms with Crippen molar-refractivity contribution in [2.24, 2.45) is 0 Å². The summed E-state index contributed by atoms with van der Waals surface area (Å²) in [6, 6.07) is 6.48. The van der Waals surface area contributed by atoms with Crippen molar-refractivity contribution in [3.8, 4) is 0 Å². The van der Waals surface area contributed by atoms with Gasteiger partial charge in [-0.15, -0.1) is 0 Å². The zero-order valence-corrected chi connectivity index (χ0v) is 11.4. The van der Waals surface area contributed by atoms with E-state index in [2.05, 4.69) is 16.0 Å². The van der Waals surface area contributed by atoms with E-state index in [1.54, 1.807) is 31.3 Å². The zero-order chi connectivity index (χ0) is 14.4. The summed E-state index contributed by atoms with van der Waals surface area (Å²) in [5.41, 5.74) is 1.08. The Balaban J connectivity index is 1.85. The third kappa shape index (κ3) is 3.96. The minimum Gasteiger partial charge on any atom is -0.376 e. The summed E-state index contributed by atoms with van der Waals surface area (Å²) in [6.07, 6.45) is 2.13. The molecule has 1 aliphatic heterocycles. The number of amides is 3. The van der Waals surface area contributed by atoms with Crippen molar-refractivity contribution >= 4 is 17.6 Å². The first-order valence-corrected chi connectivity index (χ1v) is 6.67. The Hall–Kier alpha value is -2.08. The zero-order valence-electron chi connectivity index (χ0n) is 11.4. The van der Waals surface area contributed by atoms with Gasteiger partial charge in [0.1, 0.15) is 0 Å². The monoisotopic (exact) mass is 277 g/mol. The third-order valence-electron chi connectivity index (χ3n) is 3.12. The molecular formula is C14H19N3O3. The molecular weight excluding hydrogens is 258 g/mol. The number of anilines is 1. The molecule has 0 saturated carbocycles. The Labute approximate surface area is 117 Å². The van der Waals surface area contributed by atoms with Crippen molar-refractivity contribution in [1.82, 2.24) is 10.6 Å². The second-order valence-electron chi connectivity index (χ2n) is 4.63. The van der Waals surface area contributed by atoms with Gasteiger partial charge in [0.2, 0.25) is 0 Å². The van der Waals surface area contributed by atoms with Crippen LogP contribution in [0.2, 0.25) is 0 Å². The molecule has 0 aliphatic carbocycles. The maximum atomic E-state index is 11.7. The molecule has 6 heteroatoms. The van der Waals surface area contributed by atoms with Crippen LogP contribution >= 0.6 is 0 Å². The molecule has 0 spiro atoms. The first-order valence-electron chi connectivity index (χ1n) is 6.67. The van der Waals surface area contributed by atoms with Gasteiger partial charge in [-0.25, -0.2) is 4.79 Å². The van der Waals surface area contributed by atoms with Gasteiger partial charge in [0.15, 0.2) is 0 Å². The van der Waals surface area contributed by atoms with E-state index in [-0.39, 0.29) is 18.0 Å². The van der Waals surface area contributed by atoms with Crippen LogP contribution in [0.25, 0.3) is 0 Å². The van der Waals surface area contributed by atoms with Gasteiger partial charge in [-0.1, -0.05) is 6.07 Å². The predicted molar refractivity (Wildman–Crippen MR) is 75.8 cm³/mol. The first-order chi connectivity index (χ1) is 9.69. The van der Waals surface area contributed by atoms with Gasteiger partial charge >= 0.3 is 6.03 Å². The quantitative estimate of drug-likeness (QED) is 0.777. The first kappa shape index (κ1) is 14.3. The van der Waals surface area contributed by atoms with E-state index in [0.717, 1.165) is 19.4 Å². The summed E-state index contributed by atoms with van der Waals surface area (Å²) in [4.78, 5) is 23.2. The summed E-state index contributed by atoms with van der Waals surface area (Å²) >= 11 is 0. The van der Waals surface area contributed by atoms with Crippen molar-refractivity contribution in [2.45, 2.75) is 18.9 Å². The number of nitrogens with one attached hydrogen (secondary N) is 3. The fourth-order valence-corrected chi connectivity index (χ4v) is 2.07. The average molecular weight is 277 g/mol. The van der Waals surface area contributed by atoms with Crippen molar-refractivity contribution < 1.29 is 14.3 Å². The maximum Gasteiger partial charge on any atom is 0.319 e. The van der Waals surface area contributed by atoms with Crippen molar-refractivity contribution in [3.05, 3.63) is 29.8 Å². The molecule has 0 unspecified atom stereocenters. The van der Waals surface area contributed by atoms with Gasteiger partial charge in [-0.2, -0.15) is 0 Å². The lowest BCUT2D eigenvalue weighted by Gasteiger charge is -2.12. The van der Waals surface area contributed by atoms with Crippen LogP contribution in [0.3, 0.4) is 0 Å². The van der Waals surface area contributed by atoms with E-state index >= 15 is 0 Å². The number of rotatable bonds is 4. The number of urea groups is 1. The van der Waals surface area contributed by atoms with Crippen LogP contribution in [-0.4, -0.2) is 38.2 Å². The van der Waals surface area contributed by atoms with Crippen molar-refractivity contribution in [2.75, 3.05) is 25.5 Å². The fraction of sp³-hybridized carbons (Fsp3) is 0.429. The third-order valence-corrected chi connectivity index (χ3v) is 3.12.